The predicted molar refractivity (Wildman–Crippen MR) is 134 cm³/mol. The van der Waals surface area contributed by atoms with E-state index in [1.807, 2.05) is 38.1 Å². The molecule has 0 radical (unpaired) electrons. The Morgan fingerprint density at radius 2 is 2.00 bits per heavy atom. The number of benzene rings is 1. The highest BCUT2D eigenvalue weighted by atomic mass is 32.2. The predicted octanol–water partition coefficient (Wildman–Crippen LogP) is 3.08. The summed E-state index contributed by atoms with van der Waals surface area (Å²) in [6, 6.07) is 7.65. The van der Waals surface area contributed by atoms with Crippen molar-refractivity contribution in [2.45, 2.75) is 51.4 Å². The monoisotopic (exact) mass is 505 g/mol. The summed E-state index contributed by atoms with van der Waals surface area (Å²) in [6.07, 6.45) is 1.27. The van der Waals surface area contributed by atoms with Crippen LogP contribution < -0.4 is 10.9 Å². The molecule has 1 atom stereocenters. The van der Waals surface area contributed by atoms with E-state index in [4.69, 9.17) is 4.98 Å². The van der Waals surface area contributed by atoms with Crippen LogP contribution in [0.1, 0.15) is 34.9 Å². The molecule has 1 aliphatic rings. The van der Waals surface area contributed by atoms with Crippen molar-refractivity contribution in [1.29, 1.82) is 0 Å². The van der Waals surface area contributed by atoms with Crippen molar-refractivity contribution in [1.82, 2.24) is 14.9 Å². The van der Waals surface area contributed by atoms with Crippen LogP contribution in [0, 0.1) is 13.8 Å². The second-order valence-electron chi connectivity index (χ2n) is 8.41. The van der Waals surface area contributed by atoms with Gasteiger partial charge in [0, 0.05) is 10.9 Å². The van der Waals surface area contributed by atoms with Gasteiger partial charge in [0.15, 0.2) is 15.0 Å². The molecule has 0 bridgehead atoms. The number of nitrogens with zero attached hydrogens (tertiary/aromatic N) is 2. The third-order valence-corrected chi connectivity index (χ3v) is 9.90. The number of aryl methyl sites for hydroxylation is 3. The number of thioether (sulfide) groups is 1. The Kier molecular flexibility index (Phi) is 6.97. The molecule has 0 unspecified atom stereocenters. The molecule has 1 N–H and O–H groups in total. The first kappa shape index (κ1) is 24.0. The fraction of sp³-hybridized carbons (Fsp3) is 0.435. The Morgan fingerprint density at radius 3 is 2.64 bits per heavy atom. The SMILES string of the molecule is CCc1sc2nc(SCC(=O)N[C@H]3CCS(=O)(=O)C3)n(Cc3ccc(C)cc3)c(=O)c2c1C. The minimum atomic E-state index is -3.06. The number of rotatable bonds is 7. The van der Waals surface area contributed by atoms with Crippen LogP contribution in [0.15, 0.2) is 34.2 Å². The van der Waals surface area contributed by atoms with Crippen LogP contribution in [0.2, 0.25) is 0 Å². The molecule has 0 spiro atoms. The molecular formula is C23H27N3O4S3. The van der Waals surface area contributed by atoms with E-state index in [-0.39, 0.29) is 34.8 Å². The van der Waals surface area contributed by atoms with E-state index < -0.39 is 9.84 Å². The van der Waals surface area contributed by atoms with Gasteiger partial charge in [0.2, 0.25) is 5.91 Å². The highest BCUT2D eigenvalue weighted by Gasteiger charge is 2.29. The summed E-state index contributed by atoms with van der Waals surface area (Å²) in [5, 5.41) is 3.94. The largest absolute Gasteiger partial charge is 0.352 e. The van der Waals surface area contributed by atoms with Crippen LogP contribution in [0.3, 0.4) is 0 Å². The highest BCUT2D eigenvalue weighted by molar-refractivity contribution is 7.99. The number of carbonyl (C=O) groups excluding carboxylic acids is 1. The molecule has 1 amide bonds. The zero-order valence-electron chi connectivity index (χ0n) is 18.9. The quantitative estimate of drug-likeness (QED) is 0.391. The fourth-order valence-electron chi connectivity index (χ4n) is 4.02. The molecule has 1 fully saturated rings. The van der Waals surface area contributed by atoms with E-state index in [0.717, 1.165) is 28.0 Å². The van der Waals surface area contributed by atoms with Crippen LogP contribution in [0.25, 0.3) is 10.2 Å². The Morgan fingerprint density at radius 1 is 1.27 bits per heavy atom. The summed E-state index contributed by atoms with van der Waals surface area (Å²) < 4.78 is 25.0. The molecule has 3 aromatic rings. The Bertz CT molecular complexity index is 1360. The topological polar surface area (TPSA) is 98.1 Å². The number of thiophene rings is 1. The second kappa shape index (κ2) is 9.60. The van der Waals surface area contributed by atoms with Crippen LogP contribution in [0.4, 0.5) is 0 Å². The van der Waals surface area contributed by atoms with Crippen LogP contribution in [-0.4, -0.2) is 47.2 Å². The number of carbonyl (C=O) groups is 1. The summed E-state index contributed by atoms with van der Waals surface area (Å²) in [6.45, 7) is 6.41. The van der Waals surface area contributed by atoms with Gasteiger partial charge in [-0.15, -0.1) is 11.3 Å². The van der Waals surface area contributed by atoms with Gasteiger partial charge in [-0.2, -0.15) is 0 Å². The maximum atomic E-state index is 13.5. The minimum absolute atomic E-state index is 0.0139. The number of fused-ring (bicyclic) bond motifs is 1. The number of amides is 1. The van der Waals surface area contributed by atoms with Gasteiger partial charge in [-0.1, -0.05) is 48.5 Å². The van der Waals surface area contributed by atoms with Crippen molar-refractivity contribution in [2.24, 2.45) is 0 Å². The molecule has 7 nitrogen and oxygen atoms in total. The molecule has 1 aliphatic heterocycles. The van der Waals surface area contributed by atoms with Crippen molar-refractivity contribution in [3.8, 4) is 0 Å². The molecule has 10 heteroatoms. The van der Waals surface area contributed by atoms with E-state index in [9.17, 15) is 18.0 Å². The number of sulfone groups is 1. The van der Waals surface area contributed by atoms with Gasteiger partial charge < -0.3 is 5.32 Å². The third kappa shape index (κ3) is 5.33. The van der Waals surface area contributed by atoms with Crippen molar-refractivity contribution < 1.29 is 13.2 Å². The van der Waals surface area contributed by atoms with Gasteiger partial charge in [-0.25, -0.2) is 13.4 Å². The zero-order valence-corrected chi connectivity index (χ0v) is 21.3. The summed E-state index contributed by atoms with van der Waals surface area (Å²) in [5.41, 5.74) is 3.00. The lowest BCUT2D eigenvalue weighted by Crippen LogP contribution is -2.36. The maximum absolute atomic E-state index is 13.5. The highest BCUT2D eigenvalue weighted by Crippen LogP contribution is 2.29. The van der Waals surface area contributed by atoms with E-state index in [2.05, 4.69) is 12.2 Å². The summed E-state index contributed by atoms with van der Waals surface area (Å²) in [4.78, 5) is 32.6. The normalized spacial score (nSPS) is 17.5. The van der Waals surface area contributed by atoms with Gasteiger partial charge >= 0.3 is 0 Å². The molecule has 4 rings (SSSR count). The molecule has 33 heavy (non-hydrogen) atoms. The first-order chi connectivity index (χ1) is 15.7. The molecule has 3 heterocycles. The number of hydrogen-bond donors (Lipinski definition) is 1. The summed E-state index contributed by atoms with van der Waals surface area (Å²) >= 11 is 2.73. The molecule has 1 aromatic carbocycles. The number of hydrogen-bond acceptors (Lipinski definition) is 7. The lowest BCUT2D eigenvalue weighted by molar-refractivity contribution is -0.119. The lowest BCUT2D eigenvalue weighted by atomic mass is 10.1. The average Bonchev–Trinajstić information content (AvgIpc) is 3.28. The van der Waals surface area contributed by atoms with Crippen LogP contribution >= 0.6 is 23.1 Å². The summed E-state index contributed by atoms with van der Waals surface area (Å²) in [5.74, 6) is -0.0976. The van der Waals surface area contributed by atoms with Gasteiger partial charge in [0.25, 0.3) is 5.56 Å². The second-order valence-corrected chi connectivity index (χ2v) is 12.7. The van der Waals surface area contributed by atoms with Gasteiger partial charge in [-0.05, 0) is 37.8 Å². The summed E-state index contributed by atoms with van der Waals surface area (Å²) in [7, 11) is -3.06. The third-order valence-electron chi connectivity index (χ3n) is 5.83. The van der Waals surface area contributed by atoms with E-state index >= 15 is 0 Å². The van der Waals surface area contributed by atoms with Crippen LogP contribution in [0.5, 0.6) is 0 Å². The molecule has 2 aromatic heterocycles. The number of nitrogens with one attached hydrogen (secondary N) is 1. The van der Waals surface area contributed by atoms with E-state index in [0.29, 0.717) is 28.3 Å². The van der Waals surface area contributed by atoms with Crippen LogP contribution in [-0.2, 0) is 27.6 Å². The maximum Gasteiger partial charge on any atom is 0.263 e. The lowest BCUT2D eigenvalue weighted by Gasteiger charge is -2.14. The van der Waals surface area contributed by atoms with Crippen molar-refractivity contribution in [2.75, 3.05) is 17.3 Å². The van der Waals surface area contributed by atoms with Crippen molar-refractivity contribution in [3.63, 3.8) is 0 Å². The van der Waals surface area contributed by atoms with E-state index in [1.54, 1.807) is 4.57 Å². The van der Waals surface area contributed by atoms with Crippen molar-refractivity contribution >= 4 is 49.1 Å². The molecule has 0 saturated carbocycles. The molecule has 0 aliphatic carbocycles. The minimum Gasteiger partial charge on any atom is -0.352 e. The molecule has 1 saturated heterocycles. The Hall–Kier alpha value is -2.17. The first-order valence-corrected chi connectivity index (χ1v) is 14.5. The average molecular weight is 506 g/mol. The smallest absolute Gasteiger partial charge is 0.263 e. The molecular weight excluding hydrogens is 478 g/mol. The van der Waals surface area contributed by atoms with Gasteiger partial charge in [0.05, 0.1) is 29.2 Å². The Labute approximate surface area is 201 Å². The van der Waals surface area contributed by atoms with E-state index in [1.165, 1.54) is 23.1 Å². The number of aromatic nitrogens is 2. The van der Waals surface area contributed by atoms with Gasteiger partial charge in [-0.3, -0.25) is 14.2 Å². The standard InChI is InChI=1S/C23H27N3O4S3/c1-4-18-15(3)20-21(32-18)25-23(26(22(20)28)11-16-7-5-14(2)6-8-16)31-12-19(27)24-17-9-10-33(29,30)13-17/h5-8,17H,4,9-13H2,1-3H3,(H,24,27)/t17-/m0/s1. The Balaban J connectivity index is 1.63. The zero-order chi connectivity index (χ0) is 23.8. The van der Waals surface area contributed by atoms with Crippen molar-refractivity contribution in [3.05, 3.63) is 56.2 Å². The molecule has 176 valence electrons. The first-order valence-electron chi connectivity index (χ1n) is 10.9. The van der Waals surface area contributed by atoms with Gasteiger partial charge in [0.1, 0.15) is 4.83 Å². The fourth-order valence-corrected chi connectivity index (χ4v) is 7.66.